The van der Waals surface area contributed by atoms with Crippen LogP contribution in [0, 0.1) is 0 Å². The van der Waals surface area contributed by atoms with Gasteiger partial charge in [-0.3, -0.25) is 4.79 Å². The van der Waals surface area contributed by atoms with E-state index >= 15 is 0 Å². The third kappa shape index (κ3) is 4.60. The number of rotatable bonds is 6. The Morgan fingerprint density at radius 2 is 2.06 bits per heavy atom. The number of aryl methyl sites for hydroxylation is 1. The van der Waals surface area contributed by atoms with Gasteiger partial charge in [0.15, 0.2) is 5.65 Å². The molecule has 3 heterocycles. The number of H-pyrrole nitrogens is 1. The average Bonchev–Trinajstić information content (AvgIpc) is 3.35. The molecule has 2 N–H and O–H groups in total. The van der Waals surface area contributed by atoms with Crippen molar-refractivity contribution in [3.63, 3.8) is 0 Å². The Morgan fingerprint density at radius 3 is 2.88 bits per heavy atom. The molecule has 0 aliphatic heterocycles. The van der Waals surface area contributed by atoms with Crippen LogP contribution in [0.25, 0.3) is 22.1 Å². The lowest BCUT2D eigenvalue weighted by molar-refractivity contribution is -0.113. The van der Waals surface area contributed by atoms with E-state index in [1.165, 1.54) is 23.1 Å². The molecule has 0 spiro atoms. The van der Waals surface area contributed by atoms with Crippen LogP contribution in [-0.2, 0) is 22.4 Å². The van der Waals surface area contributed by atoms with E-state index in [4.69, 9.17) is 4.74 Å². The van der Waals surface area contributed by atoms with E-state index in [9.17, 15) is 9.59 Å². The molecule has 8 nitrogen and oxygen atoms in total. The molecule has 12 heteroatoms. The lowest BCUT2D eigenvalue weighted by Gasteiger charge is -2.12. The lowest BCUT2D eigenvalue weighted by Crippen LogP contribution is -2.17. The summed E-state index contributed by atoms with van der Waals surface area (Å²) in [5.74, 6) is -0.520. The summed E-state index contributed by atoms with van der Waals surface area (Å²) in [6.45, 7) is 2.07. The number of carbonyl (C=O) groups is 2. The fourth-order valence-corrected chi connectivity index (χ4v) is 7.22. The van der Waals surface area contributed by atoms with Crippen LogP contribution >= 0.6 is 55.0 Å². The number of anilines is 1. The minimum absolute atomic E-state index is 0.0908. The quantitative estimate of drug-likeness (QED) is 0.204. The van der Waals surface area contributed by atoms with Crippen LogP contribution in [0.15, 0.2) is 26.2 Å². The number of benzene rings is 1. The number of hydrogen-bond acceptors (Lipinski definition) is 8. The third-order valence-corrected chi connectivity index (χ3v) is 8.59. The Morgan fingerprint density at radius 1 is 1.24 bits per heavy atom. The van der Waals surface area contributed by atoms with E-state index in [1.807, 2.05) is 12.1 Å². The number of hydrogen-bond donors (Lipinski definition) is 2. The predicted octanol–water partition coefficient (Wildman–Crippen LogP) is 5.88. The summed E-state index contributed by atoms with van der Waals surface area (Å²) in [6, 6.07) is 3.90. The van der Waals surface area contributed by atoms with Gasteiger partial charge in [-0.05, 0) is 66.2 Å². The van der Waals surface area contributed by atoms with Crippen LogP contribution < -0.4 is 5.32 Å². The van der Waals surface area contributed by atoms with E-state index in [2.05, 4.69) is 57.3 Å². The smallest absolute Gasteiger partial charge is 0.341 e. The minimum Gasteiger partial charge on any atom is -0.462 e. The standard InChI is InChI=1S/C22H19Br2N5O3S2/c1-2-32-21(31)16-11-5-3-4-6-14(11)34-20(16)25-15(30)9-33-22-27-19-18(28-29-22)12-7-10(23)8-13(24)17(12)26-19/h7-8H,2-6,9H2,1H3,(H,25,30)(H,26,27,29). The van der Waals surface area contributed by atoms with Crippen molar-refractivity contribution in [2.24, 2.45) is 0 Å². The highest BCUT2D eigenvalue weighted by molar-refractivity contribution is 9.11. The van der Waals surface area contributed by atoms with E-state index in [1.54, 1.807) is 6.92 Å². The van der Waals surface area contributed by atoms with Gasteiger partial charge in [0.25, 0.3) is 0 Å². The number of esters is 1. The predicted molar refractivity (Wildman–Crippen MR) is 141 cm³/mol. The van der Waals surface area contributed by atoms with Gasteiger partial charge < -0.3 is 15.0 Å². The second-order valence-electron chi connectivity index (χ2n) is 7.70. The van der Waals surface area contributed by atoms with Gasteiger partial charge >= 0.3 is 5.97 Å². The van der Waals surface area contributed by atoms with Crippen molar-refractivity contribution in [1.29, 1.82) is 0 Å². The molecule has 4 aromatic rings. The van der Waals surface area contributed by atoms with Gasteiger partial charge in [0.1, 0.15) is 10.5 Å². The number of halogens is 2. The first-order chi connectivity index (χ1) is 16.4. The van der Waals surface area contributed by atoms with Crippen molar-refractivity contribution in [3.05, 3.63) is 37.1 Å². The number of thioether (sulfide) groups is 1. The normalized spacial score (nSPS) is 13.3. The van der Waals surface area contributed by atoms with Crippen molar-refractivity contribution in [2.45, 2.75) is 37.8 Å². The number of fused-ring (bicyclic) bond motifs is 4. The first-order valence-corrected chi connectivity index (χ1v) is 14.1. The van der Waals surface area contributed by atoms with Gasteiger partial charge in [-0.25, -0.2) is 9.78 Å². The average molecular weight is 625 g/mol. The number of amides is 1. The number of ether oxygens (including phenoxy) is 1. The van der Waals surface area contributed by atoms with Gasteiger partial charge in [0.05, 0.1) is 23.4 Å². The maximum atomic E-state index is 12.7. The van der Waals surface area contributed by atoms with Crippen molar-refractivity contribution in [2.75, 3.05) is 17.7 Å². The number of aromatic amines is 1. The number of carbonyl (C=O) groups excluding carboxylic acids is 2. The number of nitrogens with one attached hydrogen (secondary N) is 2. The Kier molecular flexibility index (Phi) is 6.92. The molecular weight excluding hydrogens is 606 g/mol. The summed E-state index contributed by atoms with van der Waals surface area (Å²) in [6.07, 6.45) is 3.88. The lowest BCUT2D eigenvalue weighted by atomic mass is 9.95. The summed E-state index contributed by atoms with van der Waals surface area (Å²) in [4.78, 5) is 34.3. The monoisotopic (exact) mass is 623 g/mol. The molecule has 0 radical (unpaired) electrons. The van der Waals surface area contributed by atoms with Gasteiger partial charge in [0, 0.05) is 19.2 Å². The fourth-order valence-electron chi connectivity index (χ4n) is 4.01. The van der Waals surface area contributed by atoms with Gasteiger partial charge in [0.2, 0.25) is 11.1 Å². The van der Waals surface area contributed by atoms with Gasteiger partial charge in [-0.2, -0.15) is 0 Å². The number of aromatic nitrogens is 4. The van der Waals surface area contributed by atoms with Crippen LogP contribution in [0.5, 0.6) is 0 Å². The van der Waals surface area contributed by atoms with E-state index < -0.39 is 0 Å². The van der Waals surface area contributed by atoms with Crippen LogP contribution in [0.3, 0.4) is 0 Å². The Bertz CT molecular complexity index is 1440. The first kappa shape index (κ1) is 23.7. The summed E-state index contributed by atoms with van der Waals surface area (Å²) in [5, 5.41) is 13.3. The Balaban J connectivity index is 1.33. The molecule has 0 unspecified atom stereocenters. The van der Waals surface area contributed by atoms with E-state index in [0.29, 0.717) is 33.5 Å². The highest BCUT2D eigenvalue weighted by Gasteiger charge is 2.27. The van der Waals surface area contributed by atoms with E-state index in [0.717, 1.165) is 56.0 Å². The molecule has 3 aromatic heterocycles. The van der Waals surface area contributed by atoms with Crippen molar-refractivity contribution in [3.8, 4) is 0 Å². The Hall–Kier alpha value is -2.02. The molecule has 0 saturated heterocycles. The van der Waals surface area contributed by atoms with Crippen LogP contribution in [0.2, 0.25) is 0 Å². The molecule has 34 heavy (non-hydrogen) atoms. The topological polar surface area (TPSA) is 110 Å². The van der Waals surface area contributed by atoms with E-state index in [-0.39, 0.29) is 17.6 Å². The van der Waals surface area contributed by atoms with Crippen LogP contribution in [-0.4, -0.2) is 44.4 Å². The Labute approximate surface area is 219 Å². The first-order valence-electron chi connectivity index (χ1n) is 10.7. The molecule has 1 aromatic carbocycles. The molecule has 1 aliphatic carbocycles. The van der Waals surface area contributed by atoms with Crippen LogP contribution in [0.1, 0.15) is 40.6 Å². The zero-order chi connectivity index (χ0) is 23.8. The number of nitrogens with zero attached hydrogens (tertiary/aromatic N) is 3. The largest absolute Gasteiger partial charge is 0.462 e. The molecule has 176 valence electrons. The maximum Gasteiger partial charge on any atom is 0.341 e. The second kappa shape index (κ2) is 9.92. The van der Waals surface area contributed by atoms with Crippen molar-refractivity contribution >= 4 is 93.9 Å². The summed E-state index contributed by atoms with van der Waals surface area (Å²) in [5.41, 5.74) is 3.67. The maximum absolute atomic E-state index is 12.7. The summed E-state index contributed by atoms with van der Waals surface area (Å²) >= 11 is 9.70. The number of thiophene rings is 1. The second-order valence-corrected chi connectivity index (χ2v) is 11.5. The van der Waals surface area contributed by atoms with Gasteiger partial charge in [-0.15, -0.1) is 21.5 Å². The molecule has 0 fully saturated rings. The van der Waals surface area contributed by atoms with Gasteiger partial charge in [-0.1, -0.05) is 27.7 Å². The van der Waals surface area contributed by atoms with Crippen molar-refractivity contribution < 1.29 is 14.3 Å². The van der Waals surface area contributed by atoms with Crippen LogP contribution in [0.4, 0.5) is 5.00 Å². The zero-order valence-corrected chi connectivity index (χ0v) is 22.8. The summed E-state index contributed by atoms with van der Waals surface area (Å²) < 4.78 is 7.07. The minimum atomic E-state index is -0.376. The molecule has 0 saturated carbocycles. The molecule has 0 atom stereocenters. The zero-order valence-electron chi connectivity index (χ0n) is 18.0. The highest BCUT2D eigenvalue weighted by Crippen LogP contribution is 2.39. The highest BCUT2D eigenvalue weighted by atomic mass is 79.9. The third-order valence-electron chi connectivity index (χ3n) is 5.46. The van der Waals surface area contributed by atoms with Crippen molar-refractivity contribution in [1.82, 2.24) is 20.2 Å². The molecular formula is C22H19Br2N5O3S2. The summed E-state index contributed by atoms with van der Waals surface area (Å²) in [7, 11) is 0. The molecule has 1 amide bonds. The fraction of sp³-hybridized carbons (Fsp3) is 0.318. The molecule has 1 aliphatic rings. The molecule has 0 bridgehead atoms. The molecule has 5 rings (SSSR count). The SMILES string of the molecule is CCOC(=O)c1c(NC(=O)CSc2nnc3c(n2)[nH]c2c(Br)cc(Br)cc23)sc2c1CCCC2.